The predicted octanol–water partition coefficient (Wildman–Crippen LogP) is 18.4. The summed E-state index contributed by atoms with van der Waals surface area (Å²) in [6.07, 6.45) is 0. The summed E-state index contributed by atoms with van der Waals surface area (Å²) in [4.78, 5) is 2.41. The van der Waals surface area contributed by atoms with E-state index in [0.29, 0.717) is 0 Å². The van der Waals surface area contributed by atoms with E-state index in [4.69, 9.17) is 0 Å². The molecule has 12 aromatic carbocycles. The molecule has 0 saturated heterocycles. The van der Waals surface area contributed by atoms with Crippen molar-refractivity contribution < 1.29 is 0 Å². The highest BCUT2D eigenvalue weighted by Gasteiger charge is 2.20. The maximum atomic E-state index is 2.45. The SMILES string of the molecule is c1ccc(-c2cc(-c3cccc(N(c4ccc(-c5ccccc5-n5c6ccccc6c6c7ccccc7ccc65)cc4)c4cccc(-c5cccc6ccccc56)c4)c3)c3ccccc3c2)cc1. The monoisotopic (exact) mass is 864 g/mol. The standard InChI is InChI=1S/C66H44N2/c1-2-17-45(18-3-1)52-41-49-21-6-8-28-58(49)62(44-52)51-24-15-26-55(43-51)67(54-25-14-23-50(42-54)57-32-16-22-46-19-4-7-27-56(46)57)53-38-35-48(36-39-53)59-29-10-12-33-63(59)68-64-34-13-11-31-61(64)66-60-30-9-5-20-47(60)37-40-65(66)68/h1-44H. The summed E-state index contributed by atoms with van der Waals surface area (Å²) < 4.78 is 2.45. The topological polar surface area (TPSA) is 8.17 Å². The first kappa shape index (κ1) is 39.4. The average molecular weight is 865 g/mol. The van der Waals surface area contributed by atoms with Gasteiger partial charge in [-0.3, -0.25) is 0 Å². The summed E-state index contributed by atoms with van der Waals surface area (Å²) in [5, 5.41) is 9.99. The zero-order chi connectivity index (χ0) is 45.0. The van der Waals surface area contributed by atoms with Gasteiger partial charge in [-0.15, -0.1) is 0 Å². The second-order valence-electron chi connectivity index (χ2n) is 17.7. The Morgan fingerprint density at radius 2 is 0.794 bits per heavy atom. The number of nitrogens with zero attached hydrogens (tertiary/aromatic N) is 2. The highest BCUT2D eigenvalue weighted by atomic mass is 15.1. The van der Waals surface area contributed by atoms with Crippen molar-refractivity contribution in [3.63, 3.8) is 0 Å². The van der Waals surface area contributed by atoms with Crippen molar-refractivity contribution in [3.05, 3.63) is 267 Å². The molecule has 0 saturated carbocycles. The van der Waals surface area contributed by atoms with Crippen LogP contribution >= 0.6 is 0 Å². The maximum absolute atomic E-state index is 2.45. The Morgan fingerprint density at radius 3 is 1.56 bits per heavy atom. The van der Waals surface area contributed by atoms with E-state index >= 15 is 0 Å². The molecule has 2 nitrogen and oxygen atoms in total. The van der Waals surface area contributed by atoms with Gasteiger partial charge in [-0.1, -0.05) is 200 Å². The van der Waals surface area contributed by atoms with E-state index in [0.717, 1.165) is 33.9 Å². The number of para-hydroxylation sites is 2. The molecule has 68 heavy (non-hydrogen) atoms. The molecule has 0 fully saturated rings. The zero-order valence-corrected chi connectivity index (χ0v) is 37.3. The second kappa shape index (κ2) is 16.5. The highest BCUT2D eigenvalue weighted by molar-refractivity contribution is 6.21. The summed E-state index contributed by atoms with van der Waals surface area (Å²) in [7, 11) is 0. The lowest BCUT2D eigenvalue weighted by Crippen LogP contribution is -2.10. The van der Waals surface area contributed by atoms with Gasteiger partial charge in [-0.2, -0.15) is 0 Å². The van der Waals surface area contributed by atoms with Gasteiger partial charge < -0.3 is 9.47 Å². The van der Waals surface area contributed by atoms with E-state index in [9.17, 15) is 0 Å². The van der Waals surface area contributed by atoms with E-state index in [1.165, 1.54) is 87.5 Å². The number of anilines is 3. The molecular formula is C66H44N2. The minimum Gasteiger partial charge on any atom is -0.310 e. The number of rotatable bonds is 8. The molecule has 0 aliphatic heterocycles. The Morgan fingerprint density at radius 1 is 0.250 bits per heavy atom. The molecule has 13 rings (SSSR count). The van der Waals surface area contributed by atoms with Crippen LogP contribution in [0.1, 0.15) is 0 Å². The average Bonchev–Trinajstić information content (AvgIpc) is 3.76. The maximum Gasteiger partial charge on any atom is 0.0547 e. The minimum absolute atomic E-state index is 1.07. The van der Waals surface area contributed by atoms with Gasteiger partial charge >= 0.3 is 0 Å². The van der Waals surface area contributed by atoms with Crippen molar-refractivity contribution in [2.75, 3.05) is 4.90 Å². The van der Waals surface area contributed by atoms with Crippen LogP contribution in [0.25, 0.3) is 104 Å². The van der Waals surface area contributed by atoms with Gasteiger partial charge in [0.1, 0.15) is 0 Å². The van der Waals surface area contributed by atoms with Crippen LogP contribution in [0.5, 0.6) is 0 Å². The molecule has 13 aromatic rings. The Hall–Kier alpha value is -8.98. The molecule has 0 atom stereocenters. The van der Waals surface area contributed by atoms with Crippen molar-refractivity contribution in [3.8, 4) is 50.2 Å². The number of aromatic nitrogens is 1. The molecule has 0 N–H and O–H groups in total. The fourth-order valence-electron chi connectivity index (χ4n) is 10.6. The molecule has 318 valence electrons. The molecule has 0 aliphatic carbocycles. The number of hydrogen-bond donors (Lipinski definition) is 0. The second-order valence-corrected chi connectivity index (χ2v) is 17.7. The van der Waals surface area contributed by atoms with Crippen molar-refractivity contribution in [2.45, 2.75) is 0 Å². The lowest BCUT2D eigenvalue weighted by Gasteiger charge is -2.27. The third-order valence-corrected chi connectivity index (χ3v) is 13.7. The van der Waals surface area contributed by atoms with Crippen molar-refractivity contribution in [1.82, 2.24) is 4.57 Å². The van der Waals surface area contributed by atoms with Crippen LogP contribution in [0.2, 0.25) is 0 Å². The summed E-state index contributed by atoms with van der Waals surface area (Å²) in [6, 6.07) is 97.5. The lowest BCUT2D eigenvalue weighted by molar-refractivity contribution is 1.18. The van der Waals surface area contributed by atoms with Crippen LogP contribution in [0.4, 0.5) is 17.1 Å². The minimum atomic E-state index is 1.07. The molecule has 0 radical (unpaired) electrons. The van der Waals surface area contributed by atoms with Crippen LogP contribution in [0.15, 0.2) is 267 Å². The molecule has 0 bridgehead atoms. The first-order chi connectivity index (χ1) is 33.7. The Bertz CT molecular complexity index is 4020. The summed E-state index contributed by atoms with van der Waals surface area (Å²) in [5.74, 6) is 0. The van der Waals surface area contributed by atoms with Gasteiger partial charge in [0.2, 0.25) is 0 Å². The molecule has 0 aliphatic rings. The molecule has 1 aromatic heterocycles. The molecule has 0 amide bonds. The Kier molecular flexibility index (Phi) is 9.54. The van der Waals surface area contributed by atoms with Gasteiger partial charge in [-0.05, 0) is 138 Å². The van der Waals surface area contributed by atoms with Crippen LogP contribution in [0, 0.1) is 0 Å². The van der Waals surface area contributed by atoms with E-state index in [2.05, 4.69) is 276 Å². The number of hydrogen-bond acceptors (Lipinski definition) is 1. The van der Waals surface area contributed by atoms with E-state index in [1.807, 2.05) is 0 Å². The first-order valence-corrected chi connectivity index (χ1v) is 23.4. The van der Waals surface area contributed by atoms with E-state index in [-0.39, 0.29) is 0 Å². The van der Waals surface area contributed by atoms with E-state index < -0.39 is 0 Å². The Labute approximate surface area is 395 Å². The molecular weight excluding hydrogens is 821 g/mol. The van der Waals surface area contributed by atoms with Crippen LogP contribution in [0.3, 0.4) is 0 Å². The van der Waals surface area contributed by atoms with Gasteiger partial charge in [0, 0.05) is 33.4 Å². The number of benzene rings is 12. The summed E-state index contributed by atoms with van der Waals surface area (Å²) in [5.41, 5.74) is 16.3. The third kappa shape index (κ3) is 6.73. The van der Waals surface area contributed by atoms with Gasteiger partial charge in [0.05, 0.1) is 16.7 Å². The fraction of sp³-hybridized carbons (Fsp3) is 0. The quantitative estimate of drug-likeness (QED) is 0.148. The van der Waals surface area contributed by atoms with Crippen LogP contribution in [-0.4, -0.2) is 4.57 Å². The predicted molar refractivity (Wildman–Crippen MR) is 290 cm³/mol. The van der Waals surface area contributed by atoms with Crippen molar-refractivity contribution in [1.29, 1.82) is 0 Å². The smallest absolute Gasteiger partial charge is 0.0547 e. The Balaban J connectivity index is 0.969. The third-order valence-electron chi connectivity index (χ3n) is 13.7. The first-order valence-electron chi connectivity index (χ1n) is 23.4. The highest BCUT2D eigenvalue weighted by Crippen LogP contribution is 2.44. The fourth-order valence-corrected chi connectivity index (χ4v) is 10.6. The summed E-state index contributed by atoms with van der Waals surface area (Å²) >= 11 is 0. The van der Waals surface area contributed by atoms with Gasteiger partial charge in [0.15, 0.2) is 0 Å². The van der Waals surface area contributed by atoms with Gasteiger partial charge in [0.25, 0.3) is 0 Å². The summed E-state index contributed by atoms with van der Waals surface area (Å²) in [6.45, 7) is 0. The van der Waals surface area contributed by atoms with Crippen molar-refractivity contribution >= 4 is 71.2 Å². The molecule has 1 heterocycles. The number of fused-ring (bicyclic) bond motifs is 7. The molecule has 2 heteroatoms. The van der Waals surface area contributed by atoms with Gasteiger partial charge in [-0.25, -0.2) is 0 Å². The van der Waals surface area contributed by atoms with E-state index in [1.54, 1.807) is 0 Å². The molecule has 0 spiro atoms. The molecule has 0 unspecified atom stereocenters. The zero-order valence-electron chi connectivity index (χ0n) is 37.3. The van der Waals surface area contributed by atoms with Crippen LogP contribution < -0.4 is 4.90 Å². The lowest BCUT2D eigenvalue weighted by atomic mass is 9.92. The van der Waals surface area contributed by atoms with Crippen molar-refractivity contribution in [2.24, 2.45) is 0 Å². The normalized spacial score (nSPS) is 11.5. The van der Waals surface area contributed by atoms with Crippen LogP contribution in [-0.2, 0) is 0 Å². The largest absolute Gasteiger partial charge is 0.310 e.